The van der Waals surface area contributed by atoms with Gasteiger partial charge in [-0.1, -0.05) is 32.9 Å². The number of amides is 1. The number of hydrogen-bond donors (Lipinski definition) is 1. The van der Waals surface area contributed by atoms with Gasteiger partial charge in [0.05, 0.1) is 11.0 Å². The maximum absolute atomic E-state index is 13.5. The molecule has 0 radical (unpaired) electrons. The minimum absolute atomic E-state index is 0.0292. The van der Waals surface area contributed by atoms with Crippen LogP contribution in [0.2, 0.25) is 0 Å². The van der Waals surface area contributed by atoms with Crippen molar-refractivity contribution < 1.29 is 19.0 Å². The Bertz CT molecular complexity index is 624. The van der Waals surface area contributed by atoms with Crippen molar-refractivity contribution >= 4 is 5.91 Å². The molecule has 2 aliphatic rings. The van der Waals surface area contributed by atoms with Gasteiger partial charge in [0.25, 0.3) is 0 Å². The lowest BCUT2D eigenvalue weighted by Gasteiger charge is -2.39. The number of hydrogen-bond acceptors (Lipinski definition) is 3. The van der Waals surface area contributed by atoms with Gasteiger partial charge in [0, 0.05) is 32.2 Å². The molecule has 0 unspecified atom stereocenters. The number of rotatable bonds is 3. The van der Waals surface area contributed by atoms with Gasteiger partial charge < -0.3 is 14.7 Å². The van der Waals surface area contributed by atoms with Crippen LogP contribution in [0.3, 0.4) is 0 Å². The molecule has 0 aliphatic carbocycles. The Labute approximate surface area is 149 Å². The van der Waals surface area contributed by atoms with Crippen molar-refractivity contribution in [3.05, 3.63) is 35.6 Å². The molecule has 0 spiro atoms. The molecule has 1 aromatic rings. The average molecular weight is 349 g/mol. The van der Waals surface area contributed by atoms with E-state index in [1.807, 2.05) is 20.8 Å². The minimum Gasteiger partial charge on any atom is -0.387 e. The molecule has 5 heteroatoms. The molecule has 2 saturated heterocycles. The molecule has 2 fully saturated rings. The third-order valence-corrected chi connectivity index (χ3v) is 6.23. The summed E-state index contributed by atoms with van der Waals surface area (Å²) in [5.41, 5.74) is -0.700. The van der Waals surface area contributed by atoms with E-state index in [4.69, 9.17) is 4.74 Å². The SMILES string of the molecule is CC(C)[C@]1(O)CN(C(=O)C2(c3ccc(F)cc3)CCOCC2)C[C@H]1C. The Kier molecular flexibility index (Phi) is 4.91. The summed E-state index contributed by atoms with van der Waals surface area (Å²) < 4.78 is 18.9. The molecule has 1 N–H and O–H groups in total. The van der Waals surface area contributed by atoms with Gasteiger partial charge in [-0.2, -0.15) is 0 Å². The van der Waals surface area contributed by atoms with E-state index >= 15 is 0 Å². The number of carbonyl (C=O) groups excluding carboxylic acids is 1. The van der Waals surface area contributed by atoms with Crippen LogP contribution in [-0.4, -0.2) is 47.8 Å². The van der Waals surface area contributed by atoms with Crippen molar-refractivity contribution in [1.29, 1.82) is 0 Å². The van der Waals surface area contributed by atoms with Crippen molar-refractivity contribution in [3.8, 4) is 0 Å². The fourth-order valence-electron chi connectivity index (χ4n) is 4.34. The first-order chi connectivity index (χ1) is 11.8. The molecule has 2 heterocycles. The van der Waals surface area contributed by atoms with Gasteiger partial charge in [0.2, 0.25) is 5.91 Å². The highest BCUT2D eigenvalue weighted by Gasteiger charge is 2.51. The number of likely N-dealkylation sites (tertiary alicyclic amines) is 1. The van der Waals surface area contributed by atoms with Crippen molar-refractivity contribution in [2.24, 2.45) is 11.8 Å². The normalized spacial score (nSPS) is 29.2. The largest absolute Gasteiger partial charge is 0.387 e. The molecular weight excluding hydrogens is 321 g/mol. The van der Waals surface area contributed by atoms with E-state index in [2.05, 4.69) is 0 Å². The highest BCUT2D eigenvalue weighted by Crippen LogP contribution is 2.41. The quantitative estimate of drug-likeness (QED) is 0.913. The molecule has 25 heavy (non-hydrogen) atoms. The predicted octanol–water partition coefficient (Wildman–Crippen LogP) is 2.74. The Morgan fingerprint density at radius 2 is 1.88 bits per heavy atom. The molecule has 0 aromatic heterocycles. The molecule has 3 rings (SSSR count). The first-order valence-corrected chi connectivity index (χ1v) is 9.15. The summed E-state index contributed by atoms with van der Waals surface area (Å²) in [4.78, 5) is 15.3. The van der Waals surface area contributed by atoms with Crippen LogP contribution in [0.25, 0.3) is 0 Å². The van der Waals surface area contributed by atoms with E-state index in [1.165, 1.54) is 12.1 Å². The summed E-state index contributed by atoms with van der Waals surface area (Å²) in [5, 5.41) is 11.0. The highest BCUT2D eigenvalue weighted by atomic mass is 19.1. The van der Waals surface area contributed by atoms with Crippen LogP contribution in [0.1, 0.15) is 39.2 Å². The third-order valence-electron chi connectivity index (χ3n) is 6.23. The first kappa shape index (κ1) is 18.3. The number of carbonyl (C=O) groups is 1. The van der Waals surface area contributed by atoms with Crippen LogP contribution < -0.4 is 0 Å². The number of aliphatic hydroxyl groups is 1. The Morgan fingerprint density at radius 1 is 1.28 bits per heavy atom. The second kappa shape index (κ2) is 6.69. The topological polar surface area (TPSA) is 49.8 Å². The maximum Gasteiger partial charge on any atom is 0.233 e. The number of ether oxygens (including phenoxy) is 1. The second-order valence-corrected chi connectivity index (χ2v) is 7.93. The Morgan fingerprint density at radius 3 is 2.40 bits per heavy atom. The smallest absolute Gasteiger partial charge is 0.233 e. The van der Waals surface area contributed by atoms with Crippen molar-refractivity contribution in [3.63, 3.8) is 0 Å². The number of benzene rings is 1. The fourth-order valence-corrected chi connectivity index (χ4v) is 4.34. The lowest BCUT2D eigenvalue weighted by Crippen LogP contribution is -2.50. The molecular formula is C20H28FNO3. The van der Waals surface area contributed by atoms with Gasteiger partial charge in [0.1, 0.15) is 5.82 Å². The summed E-state index contributed by atoms with van der Waals surface area (Å²) in [7, 11) is 0. The third kappa shape index (κ3) is 3.08. The van der Waals surface area contributed by atoms with E-state index in [-0.39, 0.29) is 23.6 Å². The van der Waals surface area contributed by atoms with Gasteiger partial charge in [-0.15, -0.1) is 0 Å². The summed E-state index contributed by atoms with van der Waals surface area (Å²) in [6, 6.07) is 6.26. The first-order valence-electron chi connectivity index (χ1n) is 9.15. The van der Waals surface area contributed by atoms with Crippen molar-refractivity contribution in [2.45, 2.75) is 44.6 Å². The van der Waals surface area contributed by atoms with Crippen LogP contribution in [-0.2, 0) is 14.9 Å². The fraction of sp³-hybridized carbons (Fsp3) is 0.650. The van der Waals surface area contributed by atoms with Gasteiger partial charge in [0.15, 0.2) is 0 Å². The lowest BCUT2D eigenvalue weighted by atomic mass is 9.73. The van der Waals surface area contributed by atoms with Crippen molar-refractivity contribution in [1.82, 2.24) is 4.90 Å². The van der Waals surface area contributed by atoms with Crippen LogP contribution in [0.5, 0.6) is 0 Å². The minimum atomic E-state index is -0.856. The second-order valence-electron chi connectivity index (χ2n) is 7.93. The van der Waals surface area contributed by atoms with Crippen LogP contribution in [0, 0.1) is 17.7 Å². The molecule has 138 valence electrons. The Balaban J connectivity index is 1.92. The molecule has 4 nitrogen and oxygen atoms in total. The van der Waals surface area contributed by atoms with E-state index in [9.17, 15) is 14.3 Å². The summed E-state index contributed by atoms with van der Waals surface area (Å²) in [6.45, 7) is 7.93. The highest BCUT2D eigenvalue weighted by molar-refractivity contribution is 5.89. The summed E-state index contributed by atoms with van der Waals surface area (Å²) >= 11 is 0. The molecule has 1 amide bonds. The predicted molar refractivity (Wildman–Crippen MR) is 93.7 cm³/mol. The van der Waals surface area contributed by atoms with E-state index in [0.29, 0.717) is 39.1 Å². The summed E-state index contributed by atoms with van der Waals surface area (Å²) in [5.74, 6) is -0.161. The van der Waals surface area contributed by atoms with E-state index in [0.717, 1.165) is 5.56 Å². The zero-order valence-electron chi connectivity index (χ0n) is 15.3. The monoisotopic (exact) mass is 349 g/mol. The Hall–Kier alpha value is -1.46. The van der Waals surface area contributed by atoms with E-state index in [1.54, 1.807) is 17.0 Å². The standard InChI is InChI=1S/C20H28FNO3/c1-14(2)20(24)13-22(12-15(20)3)18(23)19(8-10-25-11-9-19)16-4-6-17(21)7-5-16/h4-7,14-15,24H,8-13H2,1-3H3/t15-,20-/m1/s1. The van der Waals surface area contributed by atoms with Crippen molar-refractivity contribution in [2.75, 3.05) is 26.3 Å². The molecule has 0 saturated carbocycles. The maximum atomic E-state index is 13.5. The van der Waals surface area contributed by atoms with Gasteiger partial charge in [-0.25, -0.2) is 4.39 Å². The molecule has 2 atom stereocenters. The molecule has 2 aliphatic heterocycles. The number of β-amino-alcohol motifs (C(OH)–C–C–N with tert-alkyl or cyclic N) is 1. The zero-order chi connectivity index (χ0) is 18.2. The summed E-state index contributed by atoms with van der Waals surface area (Å²) in [6.07, 6.45) is 1.17. The molecule has 1 aromatic carbocycles. The number of halogens is 1. The van der Waals surface area contributed by atoms with Crippen LogP contribution in [0.4, 0.5) is 4.39 Å². The van der Waals surface area contributed by atoms with Crippen LogP contribution in [0.15, 0.2) is 24.3 Å². The number of nitrogens with zero attached hydrogens (tertiary/aromatic N) is 1. The zero-order valence-corrected chi connectivity index (χ0v) is 15.3. The van der Waals surface area contributed by atoms with Gasteiger partial charge in [-0.3, -0.25) is 4.79 Å². The van der Waals surface area contributed by atoms with Gasteiger partial charge >= 0.3 is 0 Å². The van der Waals surface area contributed by atoms with E-state index < -0.39 is 11.0 Å². The van der Waals surface area contributed by atoms with Gasteiger partial charge in [-0.05, 0) is 36.5 Å². The average Bonchev–Trinajstić information content (AvgIpc) is 2.92. The van der Waals surface area contributed by atoms with Crippen LogP contribution >= 0.6 is 0 Å². The lowest BCUT2D eigenvalue weighted by molar-refractivity contribution is -0.141. The molecule has 0 bridgehead atoms.